The van der Waals surface area contributed by atoms with Gasteiger partial charge < -0.3 is 4.74 Å². The van der Waals surface area contributed by atoms with Gasteiger partial charge in [-0.3, -0.25) is 0 Å². The molecule has 7 heteroatoms. The zero-order chi connectivity index (χ0) is 16.4. The maximum Gasteiger partial charge on any atom is 0.245 e. The molecule has 1 aliphatic rings. The van der Waals surface area contributed by atoms with Crippen molar-refractivity contribution in [2.45, 2.75) is 30.3 Å². The minimum atomic E-state index is -3.59. The van der Waals surface area contributed by atoms with E-state index in [0.29, 0.717) is 6.54 Å². The molecule has 1 heterocycles. The molecule has 0 radical (unpaired) electrons. The average Bonchev–Trinajstić information content (AvgIpc) is 3.38. The Hall–Kier alpha value is -1.63. The Labute approximate surface area is 140 Å². The molecule has 0 aliphatic heterocycles. The fraction of sp³-hybridized carbons (Fsp3) is 0.312. The summed E-state index contributed by atoms with van der Waals surface area (Å²) in [5.41, 5.74) is 0.920. The van der Waals surface area contributed by atoms with E-state index in [-0.39, 0.29) is 16.1 Å². The van der Waals surface area contributed by atoms with Crippen LogP contribution in [0.4, 0.5) is 0 Å². The maximum atomic E-state index is 12.9. The number of hydrogen-bond acceptors (Lipinski definition) is 4. The van der Waals surface area contributed by atoms with Crippen LogP contribution in [0, 0.1) is 0 Å². The van der Waals surface area contributed by atoms with Crippen LogP contribution in [0.1, 0.15) is 18.4 Å². The van der Waals surface area contributed by atoms with Gasteiger partial charge in [0.1, 0.15) is 15.8 Å². The molecular weight excluding hydrogens is 336 g/mol. The van der Waals surface area contributed by atoms with E-state index in [1.54, 1.807) is 11.4 Å². The number of benzene rings is 1. The molecule has 1 aliphatic carbocycles. The van der Waals surface area contributed by atoms with E-state index in [1.165, 1.54) is 18.3 Å². The highest BCUT2D eigenvalue weighted by atomic mass is 35.5. The summed E-state index contributed by atoms with van der Waals surface area (Å²) >= 11 is 5.74. The van der Waals surface area contributed by atoms with Gasteiger partial charge in [-0.25, -0.2) is 13.4 Å². The second-order valence-electron chi connectivity index (χ2n) is 5.45. The lowest BCUT2D eigenvalue weighted by atomic mass is 10.2. The quantitative estimate of drug-likeness (QED) is 0.749. The van der Waals surface area contributed by atoms with Crippen molar-refractivity contribution in [2.75, 3.05) is 7.11 Å². The Balaban J connectivity index is 1.87. The summed E-state index contributed by atoms with van der Waals surface area (Å²) in [6.07, 6.45) is 3.08. The van der Waals surface area contributed by atoms with Gasteiger partial charge in [0.15, 0.2) is 0 Å². The van der Waals surface area contributed by atoms with E-state index < -0.39 is 10.0 Å². The molecule has 0 amide bonds. The van der Waals surface area contributed by atoms with Gasteiger partial charge in [-0.15, -0.1) is 0 Å². The van der Waals surface area contributed by atoms with Crippen LogP contribution in [0.25, 0.3) is 0 Å². The molecule has 0 unspecified atom stereocenters. The minimum absolute atomic E-state index is 0.0535. The lowest BCUT2D eigenvalue weighted by Gasteiger charge is -2.22. The second kappa shape index (κ2) is 6.47. The topological polar surface area (TPSA) is 59.5 Å². The zero-order valence-corrected chi connectivity index (χ0v) is 14.2. The van der Waals surface area contributed by atoms with Crippen LogP contribution in [0.3, 0.4) is 0 Å². The minimum Gasteiger partial charge on any atom is -0.497 e. The molecular formula is C16H17ClN2O3S. The molecule has 0 bridgehead atoms. The lowest BCUT2D eigenvalue weighted by molar-refractivity contribution is 0.397. The molecule has 1 aromatic heterocycles. The molecule has 1 aromatic carbocycles. The van der Waals surface area contributed by atoms with Crippen molar-refractivity contribution in [1.29, 1.82) is 0 Å². The molecule has 1 fully saturated rings. The van der Waals surface area contributed by atoms with Crippen LogP contribution in [-0.4, -0.2) is 30.9 Å². The first-order valence-corrected chi connectivity index (χ1v) is 9.09. The number of ether oxygens (including phenoxy) is 1. The van der Waals surface area contributed by atoms with E-state index in [1.807, 2.05) is 24.3 Å². The highest BCUT2D eigenvalue weighted by Gasteiger charge is 2.38. The summed E-state index contributed by atoms with van der Waals surface area (Å²) in [5, 5.41) is 0.275. The number of hydrogen-bond donors (Lipinski definition) is 0. The van der Waals surface area contributed by atoms with E-state index in [0.717, 1.165) is 24.2 Å². The first kappa shape index (κ1) is 16.2. The third kappa shape index (κ3) is 3.65. The number of methoxy groups -OCH3 is 1. The number of nitrogens with zero attached hydrogens (tertiary/aromatic N) is 2. The van der Waals surface area contributed by atoms with E-state index in [4.69, 9.17) is 16.3 Å². The summed E-state index contributed by atoms with van der Waals surface area (Å²) in [4.78, 5) is 4.05. The van der Waals surface area contributed by atoms with Crippen LogP contribution in [0.2, 0.25) is 5.15 Å². The number of rotatable bonds is 6. The lowest BCUT2D eigenvalue weighted by Crippen LogP contribution is -2.32. The van der Waals surface area contributed by atoms with Gasteiger partial charge in [0.25, 0.3) is 0 Å². The second-order valence-corrected chi connectivity index (χ2v) is 7.72. The molecule has 3 rings (SSSR count). The third-order valence-corrected chi connectivity index (χ3v) is 5.86. The van der Waals surface area contributed by atoms with Crippen LogP contribution in [-0.2, 0) is 16.6 Å². The molecule has 5 nitrogen and oxygen atoms in total. The molecule has 23 heavy (non-hydrogen) atoms. The number of halogens is 1. The molecule has 122 valence electrons. The summed E-state index contributed by atoms with van der Waals surface area (Å²) in [6, 6.07) is 10.5. The summed E-state index contributed by atoms with van der Waals surface area (Å²) in [6.45, 7) is 0.333. The molecule has 2 aromatic rings. The van der Waals surface area contributed by atoms with Crippen molar-refractivity contribution in [1.82, 2.24) is 9.29 Å². The van der Waals surface area contributed by atoms with Crippen LogP contribution >= 0.6 is 11.6 Å². The predicted molar refractivity (Wildman–Crippen MR) is 88.0 cm³/mol. The first-order chi connectivity index (χ1) is 11.0. The van der Waals surface area contributed by atoms with E-state index in [2.05, 4.69) is 4.98 Å². The van der Waals surface area contributed by atoms with Crippen molar-refractivity contribution < 1.29 is 13.2 Å². The van der Waals surface area contributed by atoms with Gasteiger partial charge in [-0.2, -0.15) is 4.31 Å². The monoisotopic (exact) mass is 352 g/mol. The van der Waals surface area contributed by atoms with Gasteiger partial charge in [0, 0.05) is 18.8 Å². The molecule has 0 saturated heterocycles. The maximum absolute atomic E-state index is 12.9. The van der Waals surface area contributed by atoms with Crippen LogP contribution in [0.5, 0.6) is 5.75 Å². The van der Waals surface area contributed by atoms with E-state index in [9.17, 15) is 8.42 Å². The fourth-order valence-corrected chi connectivity index (χ4v) is 4.06. The standard InChI is InChI=1S/C16H17ClN2O3S/c1-22-14-6-2-12(3-7-14)11-19(13-4-5-13)23(20,21)15-8-9-16(17)18-10-15/h2-3,6-10,13H,4-5,11H2,1H3. The van der Waals surface area contributed by atoms with Crippen molar-refractivity contribution in [3.63, 3.8) is 0 Å². The van der Waals surface area contributed by atoms with Crippen molar-refractivity contribution in [2.24, 2.45) is 0 Å². The average molecular weight is 353 g/mol. The highest BCUT2D eigenvalue weighted by molar-refractivity contribution is 7.89. The Bertz CT molecular complexity index is 772. The summed E-state index contributed by atoms with van der Waals surface area (Å²) < 4.78 is 32.4. The normalized spacial score (nSPS) is 14.9. The molecule has 0 spiro atoms. The van der Waals surface area contributed by atoms with Crippen molar-refractivity contribution in [3.05, 3.63) is 53.3 Å². The SMILES string of the molecule is COc1ccc(CN(C2CC2)S(=O)(=O)c2ccc(Cl)nc2)cc1. The van der Waals surface area contributed by atoms with Crippen molar-refractivity contribution in [3.8, 4) is 5.75 Å². The number of sulfonamides is 1. The Kier molecular flexibility index (Phi) is 4.57. The van der Waals surface area contributed by atoms with Gasteiger partial charge >= 0.3 is 0 Å². The third-order valence-electron chi connectivity index (χ3n) is 3.76. The van der Waals surface area contributed by atoms with Gasteiger partial charge in [0.05, 0.1) is 7.11 Å². The van der Waals surface area contributed by atoms with Gasteiger partial charge in [-0.1, -0.05) is 23.7 Å². The Morgan fingerprint density at radius 2 is 1.91 bits per heavy atom. The smallest absolute Gasteiger partial charge is 0.245 e. The summed E-state index contributed by atoms with van der Waals surface area (Å²) in [5.74, 6) is 0.747. The molecule has 0 atom stereocenters. The zero-order valence-electron chi connectivity index (χ0n) is 12.6. The number of aromatic nitrogens is 1. The Morgan fingerprint density at radius 1 is 1.22 bits per heavy atom. The Morgan fingerprint density at radius 3 is 2.43 bits per heavy atom. The molecule has 1 saturated carbocycles. The summed E-state index contributed by atoms with van der Waals surface area (Å²) in [7, 11) is -1.99. The predicted octanol–water partition coefficient (Wildman–Crippen LogP) is 3.10. The largest absolute Gasteiger partial charge is 0.497 e. The van der Waals surface area contributed by atoms with Gasteiger partial charge in [-0.05, 0) is 42.7 Å². The first-order valence-electron chi connectivity index (χ1n) is 7.27. The molecule has 0 N–H and O–H groups in total. The fourth-order valence-electron chi connectivity index (χ4n) is 2.33. The van der Waals surface area contributed by atoms with E-state index >= 15 is 0 Å². The van der Waals surface area contributed by atoms with Crippen molar-refractivity contribution >= 4 is 21.6 Å². The van der Waals surface area contributed by atoms with Crippen LogP contribution < -0.4 is 4.74 Å². The number of pyridine rings is 1. The highest BCUT2D eigenvalue weighted by Crippen LogP contribution is 2.33. The van der Waals surface area contributed by atoms with Gasteiger partial charge in [0.2, 0.25) is 10.0 Å². The van der Waals surface area contributed by atoms with Crippen LogP contribution in [0.15, 0.2) is 47.5 Å².